The number of anilines is 1. The highest BCUT2D eigenvalue weighted by Gasteiger charge is 2.30. The predicted octanol–water partition coefficient (Wildman–Crippen LogP) is 0.406. The Hall–Kier alpha value is -3.35. The first kappa shape index (κ1) is 23.9. The van der Waals surface area contributed by atoms with Crippen molar-refractivity contribution in [2.45, 2.75) is 44.2 Å². The van der Waals surface area contributed by atoms with Crippen molar-refractivity contribution in [1.29, 1.82) is 0 Å². The third-order valence-electron chi connectivity index (χ3n) is 4.55. The molecule has 31 heavy (non-hydrogen) atoms. The maximum Gasteiger partial charge on any atom is 0.251 e. The highest BCUT2D eigenvalue weighted by atomic mass is 19.1. The van der Waals surface area contributed by atoms with E-state index in [2.05, 4.69) is 20.9 Å². The van der Waals surface area contributed by atoms with Gasteiger partial charge in [0.15, 0.2) is 5.03 Å². The SMILES string of the molecule is NC(=NCCCCCC(=O)N[C@@H]1CN[C@H](C(=O)Nc2ccc(F)cc2F)C1)N[N+](=O)[O-]. The number of hydrogen-bond acceptors (Lipinski definition) is 6. The molecule has 1 fully saturated rings. The Balaban J connectivity index is 1.63. The minimum absolute atomic E-state index is 0.110. The zero-order valence-electron chi connectivity index (χ0n) is 16.7. The standard InChI is InChI=1S/C18H25F2N7O4/c19-11-5-6-14(13(20)8-11)25-17(29)15-9-12(10-23-15)24-16(28)4-2-1-3-7-22-18(21)26-27(30)31/h5-6,8,12,15,23H,1-4,7,9-10H2,(H,24,28)(H,25,29)(H3,21,22,26)/t12-,15-/m0/s1. The second-order valence-electron chi connectivity index (χ2n) is 7.02. The van der Waals surface area contributed by atoms with Crippen LogP contribution in [-0.4, -0.2) is 48.0 Å². The quantitative estimate of drug-likeness (QED) is 0.115. The van der Waals surface area contributed by atoms with Crippen LogP contribution in [0.1, 0.15) is 32.1 Å². The highest BCUT2D eigenvalue weighted by molar-refractivity contribution is 5.95. The molecule has 13 heteroatoms. The summed E-state index contributed by atoms with van der Waals surface area (Å²) < 4.78 is 26.6. The second-order valence-corrected chi connectivity index (χ2v) is 7.02. The van der Waals surface area contributed by atoms with E-state index in [4.69, 9.17) is 5.73 Å². The number of amides is 2. The van der Waals surface area contributed by atoms with E-state index in [9.17, 15) is 28.5 Å². The molecule has 1 aliphatic heterocycles. The van der Waals surface area contributed by atoms with Crippen LogP contribution in [0.15, 0.2) is 23.2 Å². The molecule has 170 valence electrons. The Morgan fingerprint density at radius 3 is 2.77 bits per heavy atom. The topological polar surface area (TPSA) is 164 Å². The van der Waals surface area contributed by atoms with E-state index < -0.39 is 28.6 Å². The molecule has 0 aliphatic carbocycles. The van der Waals surface area contributed by atoms with Crippen molar-refractivity contribution < 1.29 is 23.4 Å². The van der Waals surface area contributed by atoms with Crippen LogP contribution in [0.5, 0.6) is 0 Å². The summed E-state index contributed by atoms with van der Waals surface area (Å²) in [5.41, 5.74) is 6.91. The fourth-order valence-electron chi connectivity index (χ4n) is 3.06. The van der Waals surface area contributed by atoms with E-state index in [0.29, 0.717) is 51.3 Å². The Kier molecular flexibility index (Phi) is 9.06. The van der Waals surface area contributed by atoms with Gasteiger partial charge in [-0.15, -0.1) is 0 Å². The first-order valence-corrected chi connectivity index (χ1v) is 9.74. The van der Waals surface area contributed by atoms with E-state index >= 15 is 0 Å². The molecule has 11 nitrogen and oxygen atoms in total. The number of guanidine groups is 1. The molecule has 6 N–H and O–H groups in total. The normalized spacial score (nSPS) is 18.5. The Labute approximate surface area is 177 Å². The molecule has 2 amide bonds. The summed E-state index contributed by atoms with van der Waals surface area (Å²) in [4.78, 5) is 38.2. The van der Waals surface area contributed by atoms with E-state index in [1.807, 2.05) is 0 Å². The second kappa shape index (κ2) is 11.7. The first-order chi connectivity index (χ1) is 14.7. The maximum absolute atomic E-state index is 13.7. The summed E-state index contributed by atoms with van der Waals surface area (Å²) in [6.45, 7) is 0.708. The fraction of sp³-hybridized carbons (Fsp3) is 0.500. The fourth-order valence-corrected chi connectivity index (χ4v) is 3.06. The maximum atomic E-state index is 13.7. The van der Waals surface area contributed by atoms with Crippen molar-refractivity contribution in [2.24, 2.45) is 10.7 Å². The van der Waals surface area contributed by atoms with Gasteiger partial charge in [-0.2, -0.15) is 0 Å². The van der Waals surface area contributed by atoms with Crippen molar-refractivity contribution >= 4 is 23.5 Å². The molecule has 0 aromatic heterocycles. The number of nitrogens with one attached hydrogen (secondary N) is 4. The van der Waals surface area contributed by atoms with Gasteiger partial charge >= 0.3 is 0 Å². The van der Waals surface area contributed by atoms with Crippen LogP contribution in [0.25, 0.3) is 0 Å². The molecule has 1 saturated heterocycles. The lowest BCUT2D eigenvalue weighted by atomic mass is 10.1. The number of benzene rings is 1. The summed E-state index contributed by atoms with van der Waals surface area (Å²) in [5, 5.41) is 17.6. The van der Waals surface area contributed by atoms with Crippen LogP contribution in [0.2, 0.25) is 0 Å². The minimum Gasteiger partial charge on any atom is -0.365 e. The molecule has 1 aliphatic rings. The van der Waals surface area contributed by atoms with Crippen molar-refractivity contribution in [2.75, 3.05) is 18.4 Å². The number of hydrazine groups is 1. The molecular formula is C18H25F2N7O4. The number of aliphatic imine (C=N–C) groups is 1. The van der Waals surface area contributed by atoms with Gasteiger partial charge in [-0.3, -0.25) is 9.59 Å². The van der Waals surface area contributed by atoms with Crippen molar-refractivity contribution in [3.8, 4) is 0 Å². The Morgan fingerprint density at radius 2 is 2.06 bits per heavy atom. The molecule has 0 unspecified atom stereocenters. The smallest absolute Gasteiger partial charge is 0.251 e. The van der Waals surface area contributed by atoms with E-state index in [0.717, 1.165) is 12.1 Å². The molecule has 0 saturated carbocycles. The Bertz CT molecular complexity index is 837. The van der Waals surface area contributed by atoms with Crippen LogP contribution in [0.4, 0.5) is 14.5 Å². The molecule has 0 bridgehead atoms. The number of nitrogens with two attached hydrogens (primary N) is 1. The number of hydrogen-bond donors (Lipinski definition) is 5. The lowest BCUT2D eigenvalue weighted by molar-refractivity contribution is -0.525. The summed E-state index contributed by atoms with van der Waals surface area (Å²) in [5.74, 6) is -2.49. The molecule has 0 spiro atoms. The number of nitro groups is 1. The van der Waals surface area contributed by atoms with Crippen molar-refractivity contribution in [3.63, 3.8) is 0 Å². The van der Waals surface area contributed by atoms with Gasteiger partial charge in [-0.05, 0) is 31.4 Å². The monoisotopic (exact) mass is 441 g/mol. The highest BCUT2D eigenvalue weighted by Crippen LogP contribution is 2.17. The number of carbonyl (C=O) groups excluding carboxylic acids is 2. The summed E-state index contributed by atoms with van der Waals surface area (Å²) in [6.07, 6.45) is 2.57. The summed E-state index contributed by atoms with van der Waals surface area (Å²) >= 11 is 0. The summed E-state index contributed by atoms with van der Waals surface area (Å²) in [6, 6.07) is 2.04. The van der Waals surface area contributed by atoms with Crippen LogP contribution in [0.3, 0.4) is 0 Å². The van der Waals surface area contributed by atoms with Crippen LogP contribution < -0.4 is 27.1 Å². The van der Waals surface area contributed by atoms with Gasteiger partial charge in [0.1, 0.15) is 11.6 Å². The zero-order valence-corrected chi connectivity index (χ0v) is 16.7. The molecule has 2 rings (SSSR count). The lowest BCUT2D eigenvalue weighted by Crippen LogP contribution is -2.36. The van der Waals surface area contributed by atoms with Crippen molar-refractivity contribution in [3.05, 3.63) is 39.9 Å². The number of nitrogens with zero attached hydrogens (tertiary/aromatic N) is 2. The minimum atomic E-state index is -0.862. The average molecular weight is 441 g/mol. The third kappa shape index (κ3) is 8.50. The molecule has 1 aromatic carbocycles. The molecular weight excluding hydrogens is 416 g/mol. The number of unbranched alkanes of at least 4 members (excludes halogenated alkanes) is 2. The van der Waals surface area contributed by atoms with Crippen LogP contribution >= 0.6 is 0 Å². The van der Waals surface area contributed by atoms with E-state index in [-0.39, 0.29) is 23.6 Å². The van der Waals surface area contributed by atoms with Gasteiger partial charge < -0.3 is 21.7 Å². The van der Waals surface area contributed by atoms with Gasteiger partial charge in [-0.1, -0.05) is 11.8 Å². The largest absolute Gasteiger partial charge is 0.365 e. The number of rotatable bonds is 10. The van der Waals surface area contributed by atoms with Crippen LogP contribution in [0, 0.1) is 21.7 Å². The number of carbonyl (C=O) groups is 2. The van der Waals surface area contributed by atoms with Gasteiger partial charge in [0.2, 0.25) is 11.8 Å². The van der Waals surface area contributed by atoms with Gasteiger partial charge in [0.05, 0.1) is 11.7 Å². The molecule has 0 radical (unpaired) electrons. The predicted molar refractivity (Wildman–Crippen MR) is 108 cm³/mol. The lowest BCUT2D eigenvalue weighted by Gasteiger charge is -2.13. The first-order valence-electron chi connectivity index (χ1n) is 9.74. The third-order valence-corrected chi connectivity index (χ3v) is 4.55. The van der Waals surface area contributed by atoms with E-state index in [1.54, 1.807) is 5.43 Å². The molecule has 1 heterocycles. The molecule has 1 aromatic rings. The number of halogens is 2. The zero-order chi connectivity index (χ0) is 22.8. The van der Waals surface area contributed by atoms with Crippen LogP contribution in [-0.2, 0) is 9.59 Å². The van der Waals surface area contributed by atoms with E-state index in [1.165, 1.54) is 0 Å². The molecule has 2 atom stereocenters. The average Bonchev–Trinajstić information content (AvgIpc) is 3.14. The van der Waals surface area contributed by atoms with Gasteiger partial charge in [-0.25, -0.2) is 23.9 Å². The van der Waals surface area contributed by atoms with Gasteiger partial charge in [0, 0.05) is 31.6 Å². The van der Waals surface area contributed by atoms with Gasteiger partial charge in [0.25, 0.3) is 5.96 Å². The van der Waals surface area contributed by atoms with Crippen molar-refractivity contribution in [1.82, 2.24) is 16.1 Å². The summed E-state index contributed by atoms with van der Waals surface area (Å²) in [7, 11) is 0. The Morgan fingerprint density at radius 1 is 1.29 bits per heavy atom.